The largest absolute Gasteiger partial charge is 0.378 e. The number of anilines is 2. The number of hydrogen-bond donors (Lipinski definition) is 2. The number of aromatic nitrogens is 2. The third kappa shape index (κ3) is 2.54. The summed E-state index contributed by atoms with van der Waals surface area (Å²) >= 11 is 5.94. The molecular formula is C10H15ClN4O. The van der Waals surface area contributed by atoms with Crippen LogP contribution in [0.15, 0.2) is 6.20 Å². The molecule has 0 saturated heterocycles. The molecule has 0 unspecified atom stereocenters. The fourth-order valence-electron chi connectivity index (χ4n) is 1.73. The number of hydrogen-bond acceptors (Lipinski definition) is 5. The van der Waals surface area contributed by atoms with Crippen molar-refractivity contribution in [1.82, 2.24) is 9.97 Å². The molecule has 1 aliphatic carbocycles. The topological polar surface area (TPSA) is 73.1 Å². The Bertz CT molecular complexity index is 368. The Kier molecular flexibility index (Phi) is 3.46. The number of nitrogens with one attached hydrogen (secondary N) is 1. The summed E-state index contributed by atoms with van der Waals surface area (Å²) in [6, 6.07) is 0.364. The van der Waals surface area contributed by atoms with Gasteiger partial charge in [-0.25, -0.2) is 4.98 Å². The van der Waals surface area contributed by atoms with Crippen molar-refractivity contribution in [3.63, 3.8) is 0 Å². The first-order valence-corrected chi connectivity index (χ1v) is 5.73. The van der Waals surface area contributed by atoms with Crippen LogP contribution in [0.5, 0.6) is 0 Å². The maximum Gasteiger partial charge on any atom is 0.222 e. The first-order valence-electron chi connectivity index (χ1n) is 5.35. The summed E-state index contributed by atoms with van der Waals surface area (Å²) in [5.41, 5.74) is 5.49. The lowest BCUT2D eigenvalue weighted by molar-refractivity contribution is 0.00293. The Morgan fingerprint density at radius 3 is 3.06 bits per heavy atom. The minimum atomic E-state index is 0.229. The van der Waals surface area contributed by atoms with Gasteiger partial charge in [0.2, 0.25) is 5.95 Å². The van der Waals surface area contributed by atoms with Gasteiger partial charge in [-0.15, -0.1) is 0 Å². The van der Waals surface area contributed by atoms with Crippen molar-refractivity contribution >= 4 is 23.4 Å². The van der Waals surface area contributed by atoms with Gasteiger partial charge in [0.05, 0.1) is 12.3 Å². The van der Waals surface area contributed by atoms with Crippen molar-refractivity contribution in [2.75, 3.05) is 17.7 Å². The third-order valence-corrected chi connectivity index (χ3v) is 2.88. The Hall–Kier alpha value is -1.07. The first kappa shape index (κ1) is 11.4. The summed E-state index contributed by atoms with van der Waals surface area (Å²) in [7, 11) is 0. The average Bonchev–Trinajstić information content (AvgIpc) is 2.20. The van der Waals surface area contributed by atoms with Crippen LogP contribution in [0.2, 0.25) is 5.02 Å². The highest BCUT2D eigenvalue weighted by molar-refractivity contribution is 6.32. The molecule has 1 fully saturated rings. The standard InChI is InChI=1S/C10H15ClN4O/c1-2-16-7-3-6(4-7)14-9-8(11)5-13-10(12)15-9/h5-7H,2-4H2,1H3,(H3,12,13,14,15). The number of nitrogens with zero attached hydrogens (tertiary/aromatic N) is 2. The highest BCUT2D eigenvalue weighted by atomic mass is 35.5. The maximum absolute atomic E-state index is 5.94. The molecule has 1 saturated carbocycles. The Labute approximate surface area is 99.4 Å². The van der Waals surface area contributed by atoms with E-state index in [0.717, 1.165) is 19.4 Å². The summed E-state index contributed by atoms with van der Waals surface area (Å²) in [5, 5.41) is 3.73. The molecule has 1 aromatic rings. The van der Waals surface area contributed by atoms with Gasteiger partial charge in [0.1, 0.15) is 5.02 Å². The van der Waals surface area contributed by atoms with E-state index in [1.165, 1.54) is 6.20 Å². The van der Waals surface area contributed by atoms with Crippen LogP contribution in [0.3, 0.4) is 0 Å². The van der Waals surface area contributed by atoms with Crippen LogP contribution < -0.4 is 11.1 Å². The van der Waals surface area contributed by atoms with Gasteiger partial charge in [-0.3, -0.25) is 0 Å². The van der Waals surface area contributed by atoms with Crippen LogP contribution in [0.1, 0.15) is 19.8 Å². The second-order valence-electron chi connectivity index (χ2n) is 3.81. The van der Waals surface area contributed by atoms with E-state index >= 15 is 0 Å². The minimum Gasteiger partial charge on any atom is -0.378 e. The van der Waals surface area contributed by atoms with E-state index in [9.17, 15) is 0 Å². The lowest BCUT2D eigenvalue weighted by atomic mass is 9.89. The fourth-order valence-corrected chi connectivity index (χ4v) is 1.88. The smallest absolute Gasteiger partial charge is 0.222 e. The molecule has 3 N–H and O–H groups in total. The molecule has 0 aliphatic heterocycles. The Morgan fingerprint density at radius 2 is 2.38 bits per heavy atom. The van der Waals surface area contributed by atoms with Crippen LogP contribution in [0.4, 0.5) is 11.8 Å². The van der Waals surface area contributed by atoms with E-state index in [0.29, 0.717) is 23.0 Å². The quantitative estimate of drug-likeness (QED) is 0.841. The predicted octanol–water partition coefficient (Wildman–Crippen LogP) is 1.69. The Balaban J connectivity index is 1.89. The Morgan fingerprint density at radius 1 is 1.62 bits per heavy atom. The van der Waals surface area contributed by atoms with Gasteiger partial charge < -0.3 is 15.8 Å². The molecule has 1 aliphatic rings. The van der Waals surface area contributed by atoms with E-state index in [2.05, 4.69) is 15.3 Å². The molecule has 0 radical (unpaired) electrons. The summed E-state index contributed by atoms with van der Waals surface area (Å²) in [6.07, 6.45) is 3.83. The van der Waals surface area contributed by atoms with Crippen molar-refractivity contribution in [2.45, 2.75) is 31.9 Å². The zero-order chi connectivity index (χ0) is 11.5. The monoisotopic (exact) mass is 242 g/mol. The molecular weight excluding hydrogens is 228 g/mol. The zero-order valence-electron chi connectivity index (χ0n) is 9.11. The lowest BCUT2D eigenvalue weighted by Gasteiger charge is -2.35. The van der Waals surface area contributed by atoms with Gasteiger partial charge in [0, 0.05) is 12.6 Å². The fraction of sp³-hybridized carbons (Fsp3) is 0.600. The van der Waals surface area contributed by atoms with Crippen molar-refractivity contribution in [2.24, 2.45) is 0 Å². The SMILES string of the molecule is CCOC1CC(Nc2nc(N)ncc2Cl)C1. The zero-order valence-corrected chi connectivity index (χ0v) is 9.87. The third-order valence-electron chi connectivity index (χ3n) is 2.60. The van der Waals surface area contributed by atoms with Gasteiger partial charge in [0.25, 0.3) is 0 Å². The van der Waals surface area contributed by atoms with E-state index in [1.807, 2.05) is 6.92 Å². The second-order valence-corrected chi connectivity index (χ2v) is 4.22. The summed E-state index contributed by atoms with van der Waals surface area (Å²) in [6.45, 7) is 2.77. The van der Waals surface area contributed by atoms with Crippen molar-refractivity contribution < 1.29 is 4.74 Å². The number of rotatable bonds is 4. The maximum atomic E-state index is 5.94. The molecule has 5 nitrogen and oxygen atoms in total. The summed E-state index contributed by atoms with van der Waals surface area (Å²) in [4.78, 5) is 7.85. The van der Waals surface area contributed by atoms with Crippen LogP contribution in [-0.2, 0) is 4.74 Å². The molecule has 16 heavy (non-hydrogen) atoms. The first-order chi connectivity index (χ1) is 7.69. The molecule has 1 aromatic heterocycles. The van der Waals surface area contributed by atoms with Crippen LogP contribution in [0.25, 0.3) is 0 Å². The van der Waals surface area contributed by atoms with Crippen molar-refractivity contribution in [1.29, 1.82) is 0 Å². The van der Waals surface area contributed by atoms with Gasteiger partial charge in [-0.05, 0) is 19.8 Å². The number of ether oxygens (including phenoxy) is 1. The van der Waals surface area contributed by atoms with E-state index < -0.39 is 0 Å². The number of halogens is 1. The highest BCUT2D eigenvalue weighted by Gasteiger charge is 2.30. The molecule has 88 valence electrons. The van der Waals surface area contributed by atoms with E-state index in [-0.39, 0.29) is 5.95 Å². The molecule has 0 spiro atoms. The van der Waals surface area contributed by atoms with Crippen LogP contribution >= 0.6 is 11.6 Å². The van der Waals surface area contributed by atoms with Crippen molar-refractivity contribution in [3.8, 4) is 0 Å². The second kappa shape index (κ2) is 4.84. The van der Waals surface area contributed by atoms with Crippen LogP contribution in [0, 0.1) is 0 Å². The lowest BCUT2D eigenvalue weighted by Crippen LogP contribution is -2.41. The number of nitrogens with two attached hydrogens (primary N) is 1. The predicted molar refractivity (Wildman–Crippen MR) is 63.5 cm³/mol. The van der Waals surface area contributed by atoms with Gasteiger partial charge >= 0.3 is 0 Å². The molecule has 1 heterocycles. The molecule has 0 bridgehead atoms. The van der Waals surface area contributed by atoms with Crippen molar-refractivity contribution in [3.05, 3.63) is 11.2 Å². The minimum absolute atomic E-state index is 0.229. The summed E-state index contributed by atoms with van der Waals surface area (Å²) < 4.78 is 5.47. The van der Waals surface area contributed by atoms with E-state index in [1.54, 1.807) is 0 Å². The average molecular weight is 243 g/mol. The number of nitrogen functional groups attached to an aromatic ring is 1. The summed E-state index contributed by atoms with van der Waals surface area (Å²) in [5.74, 6) is 0.835. The normalized spacial score (nSPS) is 23.9. The molecule has 6 heteroatoms. The van der Waals surface area contributed by atoms with Crippen LogP contribution in [-0.4, -0.2) is 28.7 Å². The van der Waals surface area contributed by atoms with Gasteiger partial charge in [0.15, 0.2) is 5.82 Å². The highest BCUT2D eigenvalue weighted by Crippen LogP contribution is 2.28. The van der Waals surface area contributed by atoms with E-state index in [4.69, 9.17) is 22.1 Å². The molecule has 0 atom stereocenters. The molecule has 2 rings (SSSR count). The van der Waals surface area contributed by atoms with Gasteiger partial charge in [-0.1, -0.05) is 11.6 Å². The van der Waals surface area contributed by atoms with Gasteiger partial charge in [-0.2, -0.15) is 4.98 Å². The molecule has 0 aromatic carbocycles. The molecule has 0 amide bonds.